The summed E-state index contributed by atoms with van der Waals surface area (Å²) >= 11 is 6.00. The normalized spacial score (nSPS) is 17.4. The first-order valence-electron chi connectivity index (χ1n) is 8.60. The number of morpholine rings is 1. The van der Waals surface area contributed by atoms with Crippen LogP contribution >= 0.6 is 11.6 Å². The molecule has 0 atom stereocenters. The van der Waals surface area contributed by atoms with Crippen LogP contribution < -0.4 is 9.47 Å². The predicted molar refractivity (Wildman–Crippen MR) is 99.2 cm³/mol. The number of carbonyl (C=O) groups is 2. The molecule has 2 aromatic carbocycles. The van der Waals surface area contributed by atoms with E-state index < -0.39 is 17.7 Å². The molecule has 8 heteroatoms. The fraction of sp³-hybridized carbons (Fsp3) is 0.200. The highest BCUT2D eigenvalue weighted by Gasteiger charge is 2.29. The molecule has 0 aromatic heterocycles. The van der Waals surface area contributed by atoms with Crippen LogP contribution in [-0.4, -0.2) is 43.1 Å². The fourth-order valence-electron chi connectivity index (χ4n) is 2.92. The summed E-state index contributed by atoms with van der Waals surface area (Å²) in [5.74, 6) is -0.546. The SMILES string of the molecule is O=C1/C(=C/c2c(F)cccc2Cl)Oc2cc(OC(=O)N3CCOCC3)ccc21. The van der Waals surface area contributed by atoms with Gasteiger partial charge in [0.05, 0.1) is 23.8 Å². The Morgan fingerprint density at radius 3 is 2.75 bits per heavy atom. The maximum atomic E-state index is 14.0. The highest BCUT2D eigenvalue weighted by atomic mass is 35.5. The third-order valence-electron chi connectivity index (χ3n) is 4.39. The average molecular weight is 404 g/mol. The van der Waals surface area contributed by atoms with E-state index in [9.17, 15) is 14.0 Å². The van der Waals surface area contributed by atoms with Gasteiger partial charge in [-0.3, -0.25) is 4.79 Å². The van der Waals surface area contributed by atoms with Gasteiger partial charge in [-0.1, -0.05) is 17.7 Å². The molecule has 144 valence electrons. The van der Waals surface area contributed by atoms with Crippen molar-refractivity contribution in [3.8, 4) is 11.5 Å². The van der Waals surface area contributed by atoms with Crippen molar-refractivity contribution in [2.24, 2.45) is 0 Å². The summed E-state index contributed by atoms with van der Waals surface area (Å²) in [4.78, 5) is 26.2. The molecule has 1 fully saturated rings. The molecule has 1 saturated heterocycles. The van der Waals surface area contributed by atoms with E-state index in [2.05, 4.69) is 0 Å². The van der Waals surface area contributed by atoms with Gasteiger partial charge < -0.3 is 19.1 Å². The lowest BCUT2D eigenvalue weighted by Gasteiger charge is -2.25. The Hall–Kier alpha value is -2.90. The molecule has 6 nitrogen and oxygen atoms in total. The van der Waals surface area contributed by atoms with Crippen molar-refractivity contribution in [1.29, 1.82) is 0 Å². The number of Topliss-reactive ketones (excluding diaryl/α,β-unsaturated/α-hetero) is 1. The van der Waals surface area contributed by atoms with Gasteiger partial charge in [-0.15, -0.1) is 0 Å². The van der Waals surface area contributed by atoms with E-state index in [4.69, 9.17) is 25.8 Å². The van der Waals surface area contributed by atoms with Gasteiger partial charge in [0.15, 0.2) is 5.76 Å². The van der Waals surface area contributed by atoms with Crippen molar-refractivity contribution in [1.82, 2.24) is 4.90 Å². The second kappa shape index (κ2) is 7.61. The molecule has 0 N–H and O–H groups in total. The zero-order valence-corrected chi connectivity index (χ0v) is 15.4. The summed E-state index contributed by atoms with van der Waals surface area (Å²) < 4.78 is 30.1. The van der Waals surface area contributed by atoms with Gasteiger partial charge in [-0.2, -0.15) is 0 Å². The Morgan fingerprint density at radius 1 is 1.21 bits per heavy atom. The first kappa shape index (κ1) is 18.5. The van der Waals surface area contributed by atoms with Crippen LogP contribution in [0.25, 0.3) is 6.08 Å². The largest absolute Gasteiger partial charge is 0.452 e. The zero-order valence-electron chi connectivity index (χ0n) is 14.6. The van der Waals surface area contributed by atoms with Crippen LogP contribution in [0.1, 0.15) is 15.9 Å². The third kappa shape index (κ3) is 3.58. The molecule has 0 saturated carbocycles. The molecule has 0 unspecified atom stereocenters. The van der Waals surface area contributed by atoms with Crippen LogP contribution in [0.2, 0.25) is 5.02 Å². The smallest absolute Gasteiger partial charge is 0.415 e. The summed E-state index contributed by atoms with van der Waals surface area (Å²) in [5, 5.41) is 0.167. The van der Waals surface area contributed by atoms with Crippen LogP contribution in [-0.2, 0) is 4.74 Å². The number of allylic oxidation sites excluding steroid dienone is 1. The van der Waals surface area contributed by atoms with E-state index in [0.29, 0.717) is 31.9 Å². The number of hydrogen-bond donors (Lipinski definition) is 0. The Balaban J connectivity index is 1.54. The van der Waals surface area contributed by atoms with Crippen LogP contribution in [0.5, 0.6) is 11.5 Å². The molecular formula is C20H15ClFNO5. The van der Waals surface area contributed by atoms with E-state index in [1.54, 1.807) is 0 Å². The highest BCUT2D eigenvalue weighted by Crippen LogP contribution is 2.36. The number of nitrogens with zero attached hydrogens (tertiary/aromatic N) is 1. The maximum absolute atomic E-state index is 14.0. The molecular weight excluding hydrogens is 389 g/mol. The van der Waals surface area contributed by atoms with Crippen LogP contribution in [0.15, 0.2) is 42.2 Å². The lowest BCUT2D eigenvalue weighted by Crippen LogP contribution is -2.42. The molecule has 2 aliphatic rings. The Bertz CT molecular complexity index is 964. The summed E-state index contributed by atoms with van der Waals surface area (Å²) in [6.07, 6.45) is 0.765. The van der Waals surface area contributed by atoms with Gasteiger partial charge in [-0.25, -0.2) is 9.18 Å². The third-order valence-corrected chi connectivity index (χ3v) is 4.72. The zero-order chi connectivity index (χ0) is 19.7. The molecule has 0 bridgehead atoms. The van der Waals surface area contributed by atoms with Gasteiger partial charge in [0.1, 0.15) is 17.3 Å². The van der Waals surface area contributed by atoms with E-state index in [1.807, 2.05) is 0 Å². The van der Waals surface area contributed by atoms with Gasteiger partial charge in [0.2, 0.25) is 5.78 Å². The second-order valence-electron chi connectivity index (χ2n) is 6.20. The van der Waals surface area contributed by atoms with Gasteiger partial charge in [0, 0.05) is 24.7 Å². The van der Waals surface area contributed by atoms with Crippen molar-refractivity contribution >= 4 is 29.6 Å². The van der Waals surface area contributed by atoms with E-state index in [0.717, 1.165) is 0 Å². The number of carbonyl (C=O) groups excluding carboxylic acids is 2. The Kier molecular flexibility index (Phi) is 5.02. The summed E-state index contributed by atoms with van der Waals surface area (Å²) in [7, 11) is 0. The molecule has 4 rings (SSSR count). The highest BCUT2D eigenvalue weighted by molar-refractivity contribution is 6.32. The molecule has 2 aliphatic heterocycles. The molecule has 1 amide bonds. The summed E-state index contributed by atoms with van der Waals surface area (Å²) in [6, 6.07) is 8.71. The summed E-state index contributed by atoms with van der Waals surface area (Å²) in [5.41, 5.74) is 0.365. The molecule has 0 spiro atoms. The van der Waals surface area contributed by atoms with Gasteiger partial charge in [0.25, 0.3) is 0 Å². The van der Waals surface area contributed by atoms with Crippen LogP contribution in [0, 0.1) is 5.82 Å². The van der Waals surface area contributed by atoms with Crippen molar-refractivity contribution in [3.05, 3.63) is 64.1 Å². The minimum atomic E-state index is -0.563. The van der Waals surface area contributed by atoms with Crippen molar-refractivity contribution in [2.75, 3.05) is 26.3 Å². The number of amides is 1. The standard InChI is InChI=1S/C20H15ClFNO5/c21-15-2-1-3-16(22)14(15)11-18-19(24)13-5-4-12(10-17(13)28-18)27-20(25)23-6-8-26-9-7-23/h1-5,10-11H,6-9H2/b18-11-. The van der Waals surface area contributed by atoms with Gasteiger partial charge >= 0.3 is 6.09 Å². The number of halogens is 2. The maximum Gasteiger partial charge on any atom is 0.415 e. The number of benzene rings is 2. The monoisotopic (exact) mass is 403 g/mol. The Morgan fingerprint density at radius 2 is 2.00 bits per heavy atom. The predicted octanol–water partition coefficient (Wildman–Crippen LogP) is 3.93. The van der Waals surface area contributed by atoms with E-state index >= 15 is 0 Å². The number of fused-ring (bicyclic) bond motifs is 1. The van der Waals surface area contributed by atoms with Crippen molar-refractivity contribution in [3.63, 3.8) is 0 Å². The molecule has 2 aromatic rings. The first-order valence-corrected chi connectivity index (χ1v) is 8.97. The topological polar surface area (TPSA) is 65.1 Å². The molecule has 28 heavy (non-hydrogen) atoms. The number of ether oxygens (including phenoxy) is 3. The summed E-state index contributed by atoms with van der Waals surface area (Å²) in [6.45, 7) is 1.83. The lowest BCUT2D eigenvalue weighted by molar-refractivity contribution is 0.0416. The van der Waals surface area contributed by atoms with E-state index in [1.165, 1.54) is 47.4 Å². The van der Waals surface area contributed by atoms with E-state index in [-0.39, 0.29) is 27.8 Å². The first-order chi connectivity index (χ1) is 13.5. The van der Waals surface area contributed by atoms with Crippen molar-refractivity contribution in [2.45, 2.75) is 0 Å². The molecule has 2 heterocycles. The number of rotatable bonds is 2. The quantitative estimate of drug-likeness (QED) is 0.711. The lowest BCUT2D eigenvalue weighted by atomic mass is 10.1. The molecule has 0 radical (unpaired) electrons. The van der Waals surface area contributed by atoms with Crippen LogP contribution in [0.4, 0.5) is 9.18 Å². The fourth-order valence-corrected chi connectivity index (χ4v) is 3.14. The Labute approximate surface area is 165 Å². The number of hydrogen-bond acceptors (Lipinski definition) is 5. The van der Waals surface area contributed by atoms with Crippen molar-refractivity contribution < 1.29 is 28.2 Å². The number of ketones is 1. The molecule has 0 aliphatic carbocycles. The minimum Gasteiger partial charge on any atom is -0.452 e. The van der Waals surface area contributed by atoms with Gasteiger partial charge in [-0.05, 0) is 30.3 Å². The second-order valence-corrected chi connectivity index (χ2v) is 6.61. The van der Waals surface area contributed by atoms with Crippen LogP contribution in [0.3, 0.4) is 0 Å². The minimum absolute atomic E-state index is 0.0568. The average Bonchev–Trinajstić information content (AvgIpc) is 3.00.